The lowest BCUT2D eigenvalue weighted by atomic mass is 9.95. The molecular weight excluding hydrogens is 301 g/mol. The molecule has 2 nitrogen and oxygen atoms in total. The molecule has 0 radical (unpaired) electrons. The third-order valence-electron chi connectivity index (χ3n) is 3.99. The van der Waals surface area contributed by atoms with Gasteiger partial charge >= 0.3 is 0 Å². The van der Waals surface area contributed by atoms with Gasteiger partial charge < -0.3 is 5.32 Å². The highest BCUT2D eigenvalue weighted by atomic mass is 19.1. The van der Waals surface area contributed by atoms with E-state index in [1.54, 1.807) is 18.2 Å². The van der Waals surface area contributed by atoms with E-state index in [0.29, 0.717) is 5.56 Å². The van der Waals surface area contributed by atoms with Gasteiger partial charge in [-0.15, -0.1) is 0 Å². The highest BCUT2D eigenvalue weighted by Gasteiger charge is 2.17. The van der Waals surface area contributed by atoms with Crippen molar-refractivity contribution < 1.29 is 9.18 Å². The summed E-state index contributed by atoms with van der Waals surface area (Å²) in [7, 11) is 0. The first-order valence-corrected chi connectivity index (χ1v) is 8.32. The van der Waals surface area contributed by atoms with Gasteiger partial charge in [-0.25, -0.2) is 4.39 Å². The number of nitrogens with one attached hydrogen (secondary N) is 1. The van der Waals surface area contributed by atoms with E-state index in [2.05, 4.69) is 50.4 Å². The summed E-state index contributed by atoms with van der Waals surface area (Å²) in [6, 6.07) is 14.4. The van der Waals surface area contributed by atoms with Crippen molar-refractivity contribution in [3.63, 3.8) is 0 Å². The van der Waals surface area contributed by atoms with Gasteiger partial charge in [-0.1, -0.05) is 57.2 Å². The van der Waals surface area contributed by atoms with Gasteiger partial charge in [0, 0.05) is 6.08 Å². The Labute approximate surface area is 143 Å². The second-order valence-corrected chi connectivity index (χ2v) is 6.21. The van der Waals surface area contributed by atoms with Crippen molar-refractivity contribution >= 4 is 12.0 Å². The number of rotatable bonds is 6. The van der Waals surface area contributed by atoms with Crippen molar-refractivity contribution in [1.82, 2.24) is 5.32 Å². The van der Waals surface area contributed by atoms with Crippen LogP contribution in [0, 0.1) is 11.7 Å². The van der Waals surface area contributed by atoms with Crippen LogP contribution in [0.1, 0.15) is 43.5 Å². The maximum atomic E-state index is 13.2. The van der Waals surface area contributed by atoms with Crippen LogP contribution in [0.3, 0.4) is 0 Å². The maximum absolute atomic E-state index is 13.2. The smallest absolute Gasteiger partial charge is 0.244 e. The molecule has 0 aromatic heterocycles. The van der Waals surface area contributed by atoms with E-state index in [0.717, 1.165) is 12.0 Å². The number of aryl methyl sites for hydroxylation is 1. The second kappa shape index (κ2) is 8.44. The first-order valence-electron chi connectivity index (χ1n) is 8.32. The zero-order chi connectivity index (χ0) is 17.5. The molecule has 0 saturated heterocycles. The van der Waals surface area contributed by atoms with E-state index in [1.165, 1.54) is 23.8 Å². The summed E-state index contributed by atoms with van der Waals surface area (Å²) in [5.41, 5.74) is 3.03. The Morgan fingerprint density at radius 3 is 2.46 bits per heavy atom. The summed E-state index contributed by atoms with van der Waals surface area (Å²) < 4.78 is 13.2. The fourth-order valence-corrected chi connectivity index (χ4v) is 2.58. The molecule has 0 bridgehead atoms. The third-order valence-corrected chi connectivity index (χ3v) is 3.99. The van der Waals surface area contributed by atoms with Gasteiger partial charge in [0.05, 0.1) is 6.04 Å². The van der Waals surface area contributed by atoms with Crippen molar-refractivity contribution in [2.45, 2.75) is 33.2 Å². The van der Waals surface area contributed by atoms with Crippen LogP contribution < -0.4 is 5.32 Å². The predicted octanol–water partition coefficient (Wildman–Crippen LogP) is 4.91. The Balaban J connectivity index is 2.07. The summed E-state index contributed by atoms with van der Waals surface area (Å²) in [6.45, 7) is 6.28. The molecule has 1 N–H and O–H groups in total. The minimum Gasteiger partial charge on any atom is -0.345 e. The maximum Gasteiger partial charge on any atom is 0.244 e. The largest absolute Gasteiger partial charge is 0.345 e. The molecule has 2 rings (SSSR count). The monoisotopic (exact) mass is 325 g/mol. The van der Waals surface area contributed by atoms with E-state index in [1.807, 2.05) is 0 Å². The van der Waals surface area contributed by atoms with Gasteiger partial charge in [0.25, 0.3) is 0 Å². The van der Waals surface area contributed by atoms with Crippen LogP contribution in [0.2, 0.25) is 0 Å². The number of hydrogen-bond donors (Lipinski definition) is 1. The molecule has 0 aliphatic rings. The highest BCUT2D eigenvalue weighted by molar-refractivity contribution is 5.92. The van der Waals surface area contributed by atoms with Gasteiger partial charge in [-0.3, -0.25) is 4.79 Å². The number of benzene rings is 2. The molecule has 2 aromatic rings. The molecule has 3 heteroatoms. The molecule has 1 unspecified atom stereocenters. The summed E-state index contributed by atoms with van der Waals surface area (Å²) >= 11 is 0. The SMILES string of the molecule is CCc1ccc(C(NC(=O)/C=C/c2cccc(F)c2)C(C)C)cc1. The van der Waals surface area contributed by atoms with E-state index < -0.39 is 0 Å². The summed E-state index contributed by atoms with van der Waals surface area (Å²) in [6.07, 6.45) is 4.07. The summed E-state index contributed by atoms with van der Waals surface area (Å²) in [4.78, 5) is 12.2. The van der Waals surface area contributed by atoms with E-state index >= 15 is 0 Å². The fraction of sp³-hybridized carbons (Fsp3) is 0.286. The topological polar surface area (TPSA) is 29.1 Å². The van der Waals surface area contributed by atoms with Crippen molar-refractivity contribution in [1.29, 1.82) is 0 Å². The lowest BCUT2D eigenvalue weighted by molar-refractivity contribution is -0.117. The fourth-order valence-electron chi connectivity index (χ4n) is 2.58. The Morgan fingerprint density at radius 1 is 1.17 bits per heavy atom. The lowest BCUT2D eigenvalue weighted by Crippen LogP contribution is -2.30. The van der Waals surface area contributed by atoms with Gasteiger partial charge in [-0.05, 0) is 47.2 Å². The molecule has 0 aliphatic carbocycles. The Bertz CT molecular complexity index is 704. The normalized spacial score (nSPS) is 12.5. The Morgan fingerprint density at radius 2 is 1.88 bits per heavy atom. The molecule has 0 fully saturated rings. The number of carbonyl (C=O) groups is 1. The predicted molar refractivity (Wildman–Crippen MR) is 97.0 cm³/mol. The molecule has 126 valence electrons. The number of carbonyl (C=O) groups excluding carboxylic acids is 1. The van der Waals surface area contributed by atoms with Crippen LogP contribution in [0.25, 0.3) is 6.08 Å². The first kappa shape index (κ1) is 17.9. The molecule has 24 heavy (non-hydrogen) atoms. The molecule has 0 saturated carbocycles. The summed E-state index contributed by atoms with van der Waals surface area (Å²) in [5, 5.41) is 3.04. The zero-order valence-corrected chi connectivity index (χ0v) is 14.4. The van der Waals surface area contributed by atoms with E-state index in [9.17, 15) is 9.18 Å². The molecule has 0 aliphatic heterocycles. The minimum atomic E-state index is -0.311. The summed E-state index contributed by atoms with van der Waals surface area (Å²) in [5.74, 6) is -0.227. The first-order chi connectivity index (χ1) is 11.5. The van der Waals surface area contributed by atoms with Crippen LogP contribution in [-0.2, 0) is 11.2 Å². The molecule has 1 amide bonds. The van der Waals surface area contributed by atoms with Crippen LogP contribution in [0.15, 0.2) is 54.6 Å². The number of amides is 1. The highest BCUT2D eigenvalue weighted by Crippen LogP contribution is 2.22. The zero-order valence-electron chi connectivity index (χ0n) is 14.4. The quantitative estimate of drug-likeness (QED) is 0.751. The molecule has 1 atom stereocenters. The molecular formula is C21H24FNO. The lowest BCUT2D eigenvalue weighted by Gasteiger charge is -2.22. The molecule has 0 spiro atoms. The van der Waals surface area contributed by atoms with E-state index in [-0.39, 0.29) is 23.7 Å². The third kappa shape index (κ3) is 5.05. The minimum absolute atomic E-state index is 0.0550. The van der Waals surface area contributed by atoms with Crippen molar-refractivity contribution in [2.24, 2.45) is 5.92 Å². The van der Waals surface area contributed by atoms with E-state index in [4.69, 9.17) is 0 Å². The second-order valence-electron chi connectivity index (χ2n) is 6.21. The number of halogens is 1. The van der Waals surface area contributed by atoms with Gasteiger partial charge in [-0.2, -0.15) is 0 Å². The molecule has 2 aromatic carbocycles. The van der Waals surface area contributed by atoms with Crippen LogP contribution in [0.4, 0.5) is 4.39 Å². The number of hydrogen-bond acceptors (Lipinski definition) is 1. The van der Waals surface area contributed by atoms with Crippen molar-refractivity contribution in [2.75, 3.05) is 0 Å². The van der Waals surface area contributed by atoms with Gasteiger partial charge in [0.1, 0.15) is 5.82 Å². The van der Waals surface area contributed by atoms with Gasteiger partial charge in [0.15, 0.2) is 0 Å². The Kier molecular flexibility index (Phi) is 6.30. The standard InChI is InChI=1S/C21H24FNO/c1-4-16-8-11-18(12-9-16)21(15(2)3)23-20(24)13-10-17-6-5-7-19(22)14-17/h5-15,21H,4H2,1-3H3,(H,23,24)/b13-10+. The van der Waals surface area contributed by atoms with Crippen LogP contribution in [-0.4, -0.2) is 5.91 Å². The Hall–Kier alpha value is -2.42. The van der Waals surface area contributed by atoms with Gasteiger partial charge in [0.2, 0.25) is 5.91 Å². The molecule has 0 heterocycles. The van der Waals surface area contributed by atoms with Crippen LogP contribution in [0.5, 0.6) is 0 Å². The van der Waals surface area contributed by atoms with Crippen molar-refractivity contribution in [3.05, 3.63) is 77.1 Å². The average Bonchev–Trinajstić information content (AvgIpc) is 2.58. The van der Waals surface area contributed by atoms with Crippen LogP contribution >= 0.6 is 0 Å². The van der Waals surface area contributed by atoms with Crippen molar-refractivity contribution in [3.8, 4) is 0 Å². The average molecular weight is 325 g/mol.